The Labute approximate surface area is 126 Å². The third-order valence-electron chi connectivity index (χ3n) is 2.97. The maximum atomic E-state index is 11.8. The highest BCUT2D eigenvalue weighted by Gasteiger charge is 2.12. The first-order valence-electron chi connectivity index (χ1n) is 6.69. The van der Waals surface area contributed by atoms with E-state index >= 15 is 0 Å². The molecule has 22 heavy (non-hydrogen) atoms. The van der Waals surface area contributed by atoms with Crippen molar-refractivity contribution in [2.24, 2.45) is 0 Å². The molecule has 0 bridgehead atoms. The zero-order valence-corrected chi connectivity index (χ0v) is 11.9. The summed E-state index contributed by atoms with van der Waals surface area (Å²) in [6.07, 6.45) is 3.05. The number of ether oxygens (including phenoxy) is 1. The van der Waals surface area contributed by atoms with Crippen LogP contribution in [-0.2, 0) is 11.3 Å². The van der Waals surface area contributed by atoms with Gasteiger partial charge in [-0.2, -0.15) is 0 Å². The van der Waals surface area contributed by atoms with E-state index in [1.807, 2.05) is 31.2 Å². The molecule has 1 aromatic carbocycles. The fraction of sp³-hybridized carbons (Fsp3) is 0.125. The number of hydrogen-bond donors (Lipinski definition) is 0. The molecule has 0 saturated heterocycles. The van der Waals surface area contributed by atoms with E-state index in [1.54, 1.807) is 12.1 Å². The lowest BCUT2D eigenvalue weighted by molar-refractivity contribution is 0.0438. The number of nitrogens with zero attached hydrogens (tertiary/aromatic N) is 3. The van der Waals surface area contributed by atoms with E-state index in [9.17, 15) is 4.79 Å². The van der Waals surface area contributed by atoms with Crippen molar-refractivity contribution in [2.75, 3.05) is 0 Å². The van der Waals surface area contributed by atoms with Crippen molar-refractivity contribution in [1.29, 1.82) is 0 Å². The Morgan fingerprint density at radius 3 is 2.77 bits per heavy atom. The van der Waals surface area contributed by atoms with Crippen LogP contribution < -0.4 is 0 Å². The predicted octanol–water partition coefficient (Wildman–Crippen LogP) is 2.80. The maximum absolute atomic E-state index is 11.8. The molecule has 0 radical (unpaired) electrons. The zero-order chi connectivity index (χ0) is 15.4. The molecular formula is C16H13N3O3. The molecule has 0 fully saturated rings. The van der Waals surface area contributed by atoms with Crippen LogP contribution in [0.15, 0.2) is 53.2 Å². The zero-order valence-electron chi connectivity index (χ0n) is 11.9. The third kappa shape index (κ3) is 3.17. The van der Waals surface area contributed by atoms with E-state index in [-0.39, 0.29) is 12.5 Å². The molecule has 6 nitrogen and oxygen atoms in total. The van der Waals surface area contributed by atoms with E-state index in [1.165, 1.54) is 12.4 Å². The Hall–Kier alpha value is -3.02. The third-order valence-corrected chi connectivity index (χ3v) is 2.97. The van der Waals surface area contributed by atoms with Crippen LogP contribution in [0.1, 0.15) is 21.8 Å². The number of rotatable bonds is 4. The highest BCUT2D eigenvalue weighted by atomic mass is 16.5. The smallest absolute Gasteiger partial charge is 0.338 e. The molecule has 3 aromatic rings. The molecule has 0 N–H and O–H groups in total. The second-order valence-electron chi connectivity index (χ2n) is 4.68. The lowest BCUT2D eigenvalue weighted by Gasteiger charge is -2.01. The molecule has 110 valence electrons. The highest BCUT2D eigenvalue weighted by molar-refractivity contribution is 5.89. The fourth-order valence-corrected chi connectivity index (χ4v) is 1.91. The van der Waals surface area contributed by atoms with Crippen molar-refractivity contribution in [3.8, 4) is 11.5 Å². The number of benzene rings is 1. The maximum Gasteiger partial charge on any atom is 0.338 e. The molecule has 0 atom stereocenters. The molecule has 0 aliphatic rings. The Balaban J connectivity index is 1.66. The summed E-state index contributed by atoms with van der Waals surface area (Å²) in [5, 5.41) is 7.84. The number of pyridine rings is 1. The number of carbonyl (C=O) groups is 1. The van der Waals surface area contributed by atoms with Crippen molar-refractivity contribution < 1.29 is 13.9 Å². The number of carbonyl (C=O) groups excluding carboxylic acids is 1. The first kappa shape index (κ1) is 13.9. The lowest BCUT2D eigenvalue weighted by atomic mass is 10.1. The lowest BCUT2D eigenvalue weighted by Crippen LogP contribution is -2.05. The summed E-state index contributed by atoms with van der Waals surface area (Å²) in [5.74, 6) is 0.190. The van der Waals surface area contributed by atoms with Crippen LogP contribution in [0.5, 0.6) is 0 Å². The number of hydrogen-bond acceptors (Lipinski definition) is 6. The summed E-state index contributed by atoms with van der Waals surface area (Å²) in [5.41, 5.74) is 2.36. The average Bonchev–Trinajstić information content (AvgIpc) is 3.02. The van der Waals surface area contributed by atoms with Crippen molar-refractivity contribution in [2.45, 2.75) is 13.5 Å². The standard InChI is InChI=1S/C16H13N3O3/c1-11-3-2-4-13(9-11)15-19-18-14(22-15)10-21-16(20)12-5-7-17-8-6-12/h2-9H,10H2,1H3. The second kappa shape index (κ2) is 6.17. The first-order valence-corrected chi connectivity index (χ1v) is 6.69. The molecule has 2 aromatic heterocycles. The fourth-order valence-electron chi connectivity index (χ4n) is 1.91. The minimum absolute atomic E-state index is 0.0695. The van der Waals surface area contributed by atoms with E-state index in [4.69, 9.17) is 9.15 Å². The van der Waals surface area contributed by atoms with Crippen LogP contribution in [0.4, 0.5) is 0 Å². The minimum atomic E-state index is -0.460. The molecule has 0 saturated carbocycles. The summed E-state index contributed by atoms with van der Waals surface area (Å²) in [7, 11) is 0. The molecule has 0 amide bonds. The van der Waals surface area contributed by atoms with Gasteiger partial charge in [0.15, 0.2) is 6.61 Å². The highest BCUT2D eigenvalue weighted by Crippen LogP contribution is 2.19. The van der Waals surface area contributed by atoms with Gasteiger partial charge in [-0.25, -0.2) is 4.79 Å². The quantitative estimate of drug-likeness (QED) is 0.689. The van der Waals surface area contributed by atoms with E-state index in [0.717, 1.165) is 11.1 Å². The Kier molecular flexibility index (Phi) is 3.91. The van der Waals surface area contributed by atoms with Gasteiger partial charge < -0.3 is 9.15 Å². The topological polar surface area (TPSA) is 78.1 Å². The second-order valence-corrected chi connectivity index (χ2v) is 4.68. The van der Waals surface area contributed by atoms with Gasteiger partial charge in [0.1, 0.15) is 0 Å². The summed E-state index contributed by atoms with van der Waals surface area (Å²) < 4.78 is 10.6. The summed E-state index contributed by atoms with van der Waals surface area (Å²) in [6, 6.07) is 10.9. The Morgan fingerprint density at radius 1 is 1.18 bits per heavy atom. The van der Waals surface area contributed by atoms with Crippen LogP contribution in [0.2, 0.25) is 0 Å². The first-order chi connectivity index (χ1) is 10.7. The number of esters is 1. The summed E-state index contributed by atoms with van der Waals surface area (Å²) >= 11 is 0. The van der Waals surface area contributed by atoms with E-state index in [2.05, 4.69) is 15.2 Å². The predicted molar refractivity (Wildman–Crippen MR) is 77.8 cm³/mol. The van der Waals surface area contributed by atoms with Crippen molar-refractivity contribution >= 4 is 5.97 Å². The monoisotopic (exact) mass is 295 g/mol. The normalized spacial score (nSPS) is 10.4. The molecule has 3 rings (SSSR count). The SMILES string of the molecule is Cc1cccc(-c2nnc(COC(=O)c3ccncc3)o2)c1. The summed E-state index contributed by atoms with van der Waals surface area (Å²) in [6.45, 7) is 1.91. The van der Waals surface area contributed by atoms with Gasteiger partial charge in [-0.1, -0.05) is 17.7 Å². The molecular weight excluding hydrogens is 282 g/mol. The van der Waals surface area contributed by atoms with Gasteiger partial charge in [0.25, 0.3) is 5.89 Å². The van der Waals surface area contributed by atoms with Crippen LogP contribution in [-0.4, -0.2) is 21.2 Å². The van der Waals surface area contributed by atoms with Gasteiger partial charge in [0.05, 0.1) is 5.56 Å². The van der Waals surface area contributed by atoms with Gasteiger partial charge in [0, 0.05) is 18.0 Å². The van der Waals surface area contributed by atoms with Gasteiger partial charge in [-0.05, 0) is 31.2 Å². The van der Waals surface area contributed by atoms with Crippen LogP contribution >= 0.6 is 0 Å². The molecule has 0 unspecified atom stereocenters. The largest absolute Gasteiger partial charge is 0.452 e. The molecule has 6 heteroatoms. The van der Waals surface area contributed by atoms with Gasteiger partial charge in [0.2, 0.25) is 5.89 Å². The summed E-state index contributed by atoms with van der Waals surface area (Å²) in [4.78, 5) is 15.6. The van der Waals surface area contributed by atoms with Crippen LogP contribution in [0, 0.1) is 6.92 Å². The van der Waals surface area contributed by atoms with Gasteiger partial charge >= 0.3 is 5.97 Å². The van der Waals surface area contributed by atoms with Crippen LogP contribution in [0.3, 0.4) is 0 Å². The van der Waals surface area contributed by atoms with Crippen molar-refractivity contribution in [3.63, 3.8) is 0 Å². The number of aryl methyl sites for hydroxylation is 1. The van der Waals surface area contributed by atoms with Gasteiger partial charge in [-0.15, -0.1) is 10.2 Å². The Morgan fingerprint density at radius 2 is 2.00 bits per heavy atom. The average molecular weight is 295 g/mol. The number of aromatic nitrogens is 3. The molecule has 0 aliphatic heterocycles. The van der Waals surface area contributed by atoms with E-state index < -0.39 is 5.97 Å². The molecule has 0 spiro atoms. The van der Waals surface area contributed by atoms with Gasteiger partial charge in [-0.3, -0.25) is 4.98 Å². The minimum Gasteiger partial charge on any atom is -0.452 e. The Bertz CT molecular complexity index is 784. The van der Waals surface area contributed by atoms with E-state index in [0.29, 0.717) is 11.5 Å². The van der Waals surface area contributed by atoms with Crippen LogP contribution in [0.25, 0.3) is 11.5 Å². The van der Waals surface area contributed by atoms with Crippen molar-refractivity contribution in [3.05, 3.63) is 65.8 Å². The molecule has 0 aliphatic carbocycles. The van der Waals surface area contributed by atoms with Crippen molar-refractivity contribution in [1.82, 2.24) is 15.2 Å². The molecule has 2 heterocycles.